The van der Waals surface area contributed by atoms with Crippen molar-refractivity contribution in [1.82, 2.24) is 4.98 Å². The number of carbonyl (C=O) groups is 1. The lowest BCUT2D eigenvalue weighted by atomic mass is 9.98. The second-order valence-electron chi connectivity index (χ2n) is 7.20. The van der Waals surface area contributed by atoms with Gasteiger partial charge >= 0.3 is 0 Å². The van der Waals surface area contributed by atoms with E-state index in [1.165, 1.54) is 6.20 Å². The Labute approximate surface area is 176 Å². The van der Waals surface area contributed by atoms with Gasteiger partial charge in [-0.2, -0.15) is 0 Å². The highest BCUT2D eigenvalue weighted by molar-refractivity contribution is 7.17. The molecule has 9 heteroatoms. The molecule has 0 saturated carbocycles. The highest BCUT2D eigenvalue weighted by Crippen LogP contribution is 2.26. The van der Waals surface area contributed by atoms with E-state index < -0.39 is 37.3 Å². The number of carbonyl (C=O) groups excluding carboxylic acids is 1. The van der Waals surface area contributed by atoms with Gasteiger partial charge in [-0.3, -0.25) is 4.79 Å². The molecule has 2 aromatic carbocycles. The molecule has 5 unspecified atom stereocenters. The van der Waals surface area contributed by atoms with Gasteiger partial charge in [0, 0.05) is 6.42 Å². The number of hydrogen-bond acceptors (Lipinski definition) is 9. The smallest absolute Gasteiger partial charge is 0.185 e. The SMILES string of the molecule is O=C(Cc1ccc2ccccc2c1)c1cnc(NC2OC(CO)C(O)C(O)C2O)s1. The zero-order valence-electron chi connectivity index (χ0n) is 15.9. The number of aliphatic hydroxyl groups excluding tert-OH is 4. The van der Waals surface area contributed by atoms with Gasteiger partial charge in [0.05, 0.1) is 17.7 Å². The van der Waals surface area contributed by atoms with E-state index in [1.54, 1.807) is 0 Å². The molecule has 0 amide bonds. The minimum absolute atomic E-state index is 0.0929. The van der Waals surface area contributed by atoms with E-state index in [-0.39, 0.29) is 12.2 Å². The summed E-state index contributed by atoms with van der Waals surface area (Å²) in [6, 6.07) is 13.8. The molecule has 0 radical (unpaired) electrons. The minimum atomic E-state index is -1.48. The van der Waals surface area contributed by atoms with E-state index in [0.29, 0.717) is 10.0 Å². The van der Waals surface area contributed by atoms with Crippen LogP contribution in [-0.2, 0) is 11.2 Å². The zero-order chi connectivity index (χ0) is 21.3. The molecule has 0 bridgehead atoms. The van der Waals surface area contributed by atoms with Crippen LogP contribution < -0.4 is 5.32 Å². The first-order chi connectivity index (χ1) is 14.5. The summed E-state index contributed by atoms with van der Waals surface area (Å²) in [6.45, 7) is -0.517. The lowest BCUT2D eigenvalue weighted by Gasteiger charge is -2.40. The molecule has 0 aliphatic carbocycles. The molecule has 1 fully saturated rings. The third-order valence-corrected chi connectivity index (χ3v) is 6.09. The number of hydrogen-bond donors (Lipinski definition) is 5. The standard InChI is InChI=1S/C21H22N2O6S/c24-10-15-17(26)18(27)19(28)20(29-15)23-21-22-9-16(30-21)14(25)8-11-5-6-12-3-1-2-4-13(12)7-11/h1-7,9,15,17-20,24,26-28H,8,10H2,(H,22,23). The number of Topliss-reactive ketones (excluding diaryl/α,β-unsaturated/α-hetero) is 1. The van der Waals surface area contributed by atoms with Gasteiger partial charge in [0.25, 0.3) is 0 Å². The summed E-state index contributed by atoms with van der Waals surface area (Å²) < 4.78 is 5.40. The van der Waals surface area contributed by atoms with E-state index >= 15 is 0 Å². The lowest BCUT2D eigenvalue weighted by Crippen LogP contribution is -2.60. The van der Waals surface area contributed by atoms with Crippen molar-refractivity contribution in [2.75, 3.05) is 11.9 Å². The Hall–Kier alpha value is -2.40. The van der Waals surface area contributed by atoms with Crippen LogP contribution in [0.1, 0.15) is 15.2 Å². The van der Waals surface area contributed by atoms with E-state index in [1.807, 2.05) is 42.5 Å². The Bertz CT molecular complexity index is 1040. The van der Waals surface area contributed by atoms with Gasteiger partial charge in [0.15, 0.2) is 17.1 Å². The highest BCUT2D eigenvalue weighted by Gasteiger charge is 2.43. The summed E-state index contributed by atoms with van der Waals surface area (Å²) in [6.07, 6.45) is -4.78. The third-order valence-electron chi connectivity index (χ3n) is 5.12. The van der Waals surface area contributed by atoms with Gasteiger partial charge < -0.3 is 30.5 Å². The number of benzene rings is 2. The molecule has 4 rings (SSSR count). The number of nitrogens with one attached hydrogen (secondary N) is 1. The molecule has 1 aliphatic rings. The van der Waals surface area contributed by atoms with Crippen LogP contribution in [0.3, 0.4) is 0 Å². The predicted molar refractivity (Wildman–Crippen MR) is 111 cm³/mol. The summed E-state index contributed by atoms with van der Waals surface area (Å²) in [7, 11) is 0. The monoisotopic (exact) mass is 430 g/mol. The molecule has 1 aromatic heterocycles. The molecular formula is C21H22N2O6S. The topological polar surface area (TPSA) is 132 Å². The summed E-state index contributed by atoms with van der Waals surface area (Å²) in [5.41, 5.74) is 0.899. The Kier molecular flexibility index (Phi) is 6.09. The number of thiazole rings is 1. The average Bonchev–Trinajstić information content (AvgIpc) is 3.23. The lowest BCUT2D eigenvalue weighted by molar-refractivity contribution is -0.221. The maximum absolute atomic E-state index is 12.7. The fourth-order valence-electron chi connectivity index (χ4n) is 3.43. The molecule has 5 N–H and O–H groups in total. The molecule has 3 aromatic rings. The van der Waals surface area contributed by atoms with Crippen molar-refractivity contribution in [3.05, 3.63) is 59.1 Å². The third kappa shape index (κ3) is 4.22. The zero-order valence-corrected chi connectivity index (χ0v) is 16.7. The molecule has 158 valence electrons. The first kappa shape index (κ1) is 20.9. The summed E-state index contributed by atoms with van der Waals surface area (Å²) in [4.78, 5) is 17.3. The second kappa shape index (κ2) is 8.76. The molecule has 30 heavy (non-hydrogen) atoms. The van der Waals surface area contributed by atoms with Crippen molar-refractivity contribution >= 4 is 33.0 Å². The number of ketones is 1. The van der Waals surface area contributed by atoms with Crippen molar-refractivity contribution in [3.8, 4) is 0 Å². The second-order valence-corrected chi connectivity index (χ2v) is 8.24. The van der Waals surface area contributed by atoms with Crippen molar-refractivity contribution in [2.45, 2.75) is 37.1 Å². The number of aromatic nitrogens is 1. The normalized spacial score (nSPS) is 26.6. The fourth-order valence-corrected chi connectivity index (χ4v) is 4.21. The molecular weight excluding hydrogens is 408 g/mol. The van der Waals surface area contributed by atoms with E-state index in [2.05, 4.69) is 10.3 Å². The van der Waals surface area contributed by atoms with E-state index in [4.69, 9.17) is 4.74 Å². The molecule has 8 nitrogen and oxygen atoms in total. The fraction of sp³-hybridized carbons (Fsp3) is 0.333. The van der Waals surface area contributed by atoms with Crippen LogP contribution in [0.25, 0.3) is 10.8 Å². The van der Waals surface area contributed by atoms with Crippen LogP contribution in [0.4, 0.5) is 5.13 Å². The van der Waals surface area contributed by atoms with Crippen molar-refractivity contribution in [3.63, 3.8) is 0 Å². The number of rotatable bonds is 6. The number of nitrogens with zero attached hydrogens (tertiary/aromatic N) is 1. The van der Waals surface area contributed by atoms with Gasteiger partial charge in [-0.25, -0.2) is 4.98 Å². The van der Waals surface area contributed by atoms with Crippen LogP contribution in [0.5, 0.6) is 0 Å². The van der Waals surface area contributed by atoms with Crippen LogP contribution in [-0.4, -0.2) is 68.4 Å². The average molecular weight is 430 g/mol. The van der Waals surface area contributed by atoms with Gasteiger partial charge in [-0.15, -0.1) is 0 Å². The first-order valence-corrected chi connectivity index (χ1v) is 10.3. The predicted octanol–water partition coefficient (Wildman–Crippen LogP) is 0.933. The Morgan fingerprint density at radius 1 is 1.07 bits per heavy atom. The highest BCUT2D eigenvalue weighted by atomic mass is 32.1. The molecule has 2 heterocycles. The van der Waals surface area contributed by atoms with Gasteiger partial charge in [0.1, 0.15) is 24.4 Å². The summed E-state index contributed by atoms with van der Waals surface area (Å²) in [5, 5.41) is 44.4. The van der Waals surface area contributed by atoms with Crippen molar-refractivity contribution in [2.24, 2.45) is 0 Å². The van der Waals surface area contributed by atoms with Crippen molar-refractivity contribution in [1.29, 1.82) is 0 Å². The Morgan fingerprint density at radius 2 is 1.83 bits per heavy atom. The number of ether oxygens (including phenoxy) is 1. The quantitative estimate of drug-likeness (QED) is 0.365. The van der Waals surface area contributed by atoms with Crippen LogP contribution in [0.15, 0.2) is 48.7 Å². The molecule has 0 spiro atoms. The maximum Gasteiger partial charge on any atom is 0.185 e. The first-order valence-electron chi connectivity index (χ1n) is 9.50. The Morgan fingerprint density at radius 3 is 2.60 bits per heavy atom. The van der Waals surface area contributed by atoms with E-state index in [0.717, 1.165) is 27.7 Å². The maximum atomic E-state index is 12.7. The minimum Gasteiger partial charge on any atom is -0.394 e. The largest absolute Gasteiger partial charge is 0.394 e. The van der Waals surface area contributed by atoms with Gasteiger partial charge in [-0.1, -0.05) is 53.8 Å². The van der Waals surface area contributed by atoms with E-state index in [9.17, 15) is 25.2 Å². The van der Waals surface area contributed by atoms with Crippen LogP contribution in [0, 0.1) is 0 Å². The van der Waals surface area contributed by atoms with Crippen LogP contribution >= 0.6 is 11.3 Å². The Balaban J connectivity index is 1.43. The number of fused-ring (bicyclic) bond motifs is 1. The summed E-state index contributed by atoms with van der Waals surface area (Å²) >= 11 is 1.10. The molecule has 1 aliphatic heterocycles. The van der Waals surface area contributed by atoms with Crippen LogP contribution in [0.2, 0.25) is 0 Å². The summed E-state index contributed by atoms with van der Waals surface area (Å²) in [5.74, 6) is -0.0929. The van der Waals surface area contributed by atoms with Gasteiger partial charge in [-0.05, 0) is 16.3 Å². The number of anilines is 1. The molecule has 5 atom stereocenters. The molecule has 1 saturated heterocycles. The van der Waals surface area contributed by atoms with Crippen molar-refractivity contribution < 1.29 is 30.0 Å². The number of aliphatic hydroxyl groups is 4. The van der Waals surface area contributed by atoms with Gasteiger partial charge in [0.2, 0.25) is 0 Å².